The zero-order valence-corrected chi connectivity index (χ0v) is 9.44. The van der Waals surface area contributed by atoms with E-state index >= 15 is 0 Å². The van der Waals surface area contributed by atoms with Gasteiger partial charge in [0, 0.05) is 13.1 Å². The maximum atomic E-state index is 12.0. The minimum atomic E-state index is -0.0988. The summed E-state index contributed by atoms with van der Waals surface area (Å²) in [5, 5.41) is 6.22. The number of aromatic amines is 1. The number of hydrogen-bond donors (Lipinski definition) is 2. The zero-order valence-electron chi connectivity index (χ0n) is 9.44. The van der Waals surface area contributed by atoms with E-state index in [-0.39, 0.29) is 17.7 Å². The van der Waals surface area contributed by atoms with Crippen LogP contribution in [0.15, 0.2) is 0 Å². The molecule has 1 atom stereocenters. The number of nitrogens with one attached hydrogen (secondary N) is 1. The number of amides is 1. The first-order valence-corrected chi connectivity index (χ1v) is 5.64. The third-order valence-corrected chi connectivity index (χ3v) is 3.01. The van der Waals surface area contributed by atoms with Gasteiger partial charge in [-0.15, -0.1) is 5.10 Å². The molecule has 6 nitrogen and oxygen atoms in total. The van der Waals surface area contributed by atoms with Crippen LogP contribution in [-0.2, 0) is 0 Å². The van der Waals surface area contributed by atoms with Crippen LogP contribution >= 0.6 is 0 Å². The van der Waals surface area contributed by atoms with Gasteiger partial charge in [0.2, 0.25) is 11.8 Å². The average Bonchev–Trinajstić information content (AvgIpc) is 2.57. The summed E-state index contributed by atoms with van der Waals surface area (Å²) in [6.07, 6.45) is 3.29. The Balaban J connectivity index is 2.04. The molecule has 3 N–H and O–H groups in total. The lowest BCUT2D eigenvalue weighted by molar-refractivity contribution is 0.0748. The molecule has 0 spiro atoms. The van der Waals surface area contributed by atoms with Crippen molar-refractivity contribution in [2.45, 2.75) is 26.2 Å². The highest BCUT2D eigenvalue weighted by molar-refractivity contribution is 5.90. The van der Waals surface area contributed by atoms with Crippen molar-refractivity contribution < 1.29 is 4.79 Å². The molecule has 0 bridgehead atoms. The average molecular weight is 223 g/mol. The molecule has 1 aliphatic heterocycles. The molecule has 1 fully saturated rings. The predicted octanol–water partition coefficient (Wildman–Crippen LogP) is 0.649. The van der Waals surface area contributed by atoms with E-state index in [2.05, 4.69) is 22.1 Å². The van der Waals surface area contributed by atoms with Crippen molar-refractivity contribution in [3.63, 3.8) is 0 Å². The normalized spacial score (nSPS) is 21.8. The molecule has 6 heteroatoms. The first-order valence-electron chi connectivity index (χ1n) is 5.64. The quantitative estimate of drug-likeness (QED) is 0.731. The number of H-pyrrole nitrogens is 1. The van der Waals surface area contributed by atoms with Gasteiger partial charge in [0.1, 0.15) is 0 Å². The van der Waals surface area contributed by atoms with Gasteiger partial charge in [-0.25, -0.2) is 0 Å². The first kappa shape index (κ1) is 10.9. The zero-order chi connectivity index (χ0) is 11.5. The molecular formula is C10H17N5O. The van der Waals surface area contributed by atoms with Crippen LogP contribution in [0.5, 0.6) is 0 Å². The van der Waals surface area contributed by atoms with Crippen LogP contribution in [0.25, 0.3) is 0 Å². The number of likely N-dealkylation sites (tertiary alicyclic amines) is 1. The highest BCUT2D eigenvalue weighted by Gasteiger charge is 2.21. The minimum Gasteiger partial charge on any atom is -0.366 e. The first-order chi connectivity index (χ1) is 7.66. The number of anilines is 1. The van der Waals surface area contributed by atoms with E-state index < -0.39 is 0 Å². The van der Waals surface area contributed by atoms with Crippen molar-refractivity contribution in [3.8, 4) is 0 Å². The van der Waals surface area contributed by atoms with E-state index in [9.17, 15) is 4.79 Å². The van der Waals surface area contributed by atoms with Crippen LogP contribution in [0.1, 0.15) is 36.8 Å². The fourth-order valence-electron chi connectivity index (χ4n) is 1.99. The lowest BCUT2D eigenvalue weighted by Crippen LogP contribution is -2.32. The van der Waals surface area contributed by atoms with Gasteiger partial charge in [-0.1, -0.05) is 6.92 Å². The van der Waals surface area contributed by atoms with Crippen molar-refractivity contribution in [2.24, 2.45) is 5.92 Å². The molecule has 0 aromatic carbocycles. The number of aromatic nitrogens is 3. The molecule has 88 valence electrons. The summed E-state index contributed by atoms with van der Waals surface area (Å²) in [6, 6.07) is 0. The molecule has 1 saturated heterocycles. The second kappa shape index (κ2) is 4.51. The molecule has 1 aliphatic rings. The van der Waals surface area contributed by atoms with Gasteiger partial charge in [0.25, 0.3) is 5.91 Å². The molecule has 0 saturated carbocycles. The Morgan fingerprint density at radius 2 is 2.31 bits per heavy atom. The maximum Gasteiger partial charge on any atom is 0.291 e. The summed E-state index contributed by atoms with van der Waals surface area (Å²) >= 11 is 0. The third-order valence-electron chi connectivity index (χ3n) is 3.01. The van der Waals surface area contributed by atoms with Crippen LogP contribution < -0.4 is 5.73 Å². The van der Waals surface area contributed by atoms with Crippen LogP contribution in [0, 0.1) is 5.92 Å². The summed E-state index contributed by atoms with van der Waals surface area (Å²) in [4.78, 5) is 17.7. The topological polar surface area (TPSA) is 87.9 Å². The highest BCUT2D eigenvalue weighted by atomic mass is 16.2. The molecule has 0 radical (unpaired) electrons. The third kappa shape index (κ3) is 2.32. The number of hydrogen-bond acceptors (Lipinski definition) is 4. The van der Waals surface area contributed by atoms with Crippen molar-refractivity contribution in [3.05, 3.63) is 5.82 Å². The summed E-state index contributed by atoms with van der Waals surface area (Å²) < 4.78 is 0. The molecular weight excluding hydrogens is 206 g/mol. The van der Waals surface area contributed by atoms with E-state index in [0.717, 1.165) is 25.9 Å². The summed E-state index contributed by atoms with van der Waals surface area (Å²) in [6.45, 7) is 3.81. The smallest absolute Gasteiger partial charge is 0.291 e. The largest absolute Gasteiger partial charge is 0.366 e. The SMILES string of the molecule is CC1CCCN(C(=O)c2nc(N)n[nH]2)CC1. The van der Waals surface area contributed by atoms with Gasteiger partial charge in [0.15, 0.2) is 0 Å². The summed E-state index contributed by atoms with van der Waals surface area (Å²) in [7, 11) is 0. The standard InChI is InChI=1S/C10H17N5O/c1-7-3-2-5-15(6-4-7)9(16)8-12-10(11)14-13-8/h7H,2-6H2,1H3,(H3,11,12,13,14). The highest BCUT2D eigenvalue weighted by Crippen LogP contribution is 2.17. The van der Waals surface area contributed by atoms with E-state index in [4.69, 9.17) is 5.73 Å². The van der Waals surface area contributed by atoms with Gasteiger partial charge in [-0.2, -0.15) is 4.98 Å². The fraction of sp³-hybridized carbons (Fsp3) is 0.700. The monoisotopic (exact) mass is 223 g/mol. The van der Waals surface area contributed by atoms with Crippen LogP contribution in [0.3, 0.4) is 0 Å². The van der Waals surface area contributed by atoms with E-state index in [0.29, 0.717) is 5.92 Å². The molecule has 1 unspecified atom stereocenters. The molecule has 1 aromatic heterocycles. The van der Waals surface area contributed by atoms with Gasteiger partial charge < -0.3 is 10.6 Å². The number of carbonyl (C=O) groups excluding carboxylic acids is 1. The van der Waals surface area contributed by atoms with Gasteiger partial charge in [0.05, 0.1) is 0 Å². The van der Waals surface area contributed by atoms with Gasteiger partial charge >= 0.3 is 0 Å². The Hall–Kier alpha value is -1.59. The second-order valence-corrected chi connectivity index (χ2v) is 4.37. The Labute approximate surface area is 94.2 Å². The number of carbonyl (C=O) groups is 1. The maximum absolute atomic E-state index is 12.0. The van der Waals surface area contributed by atoms with Crippen molar-refractivity contribution in [2.75, 3.05) is 18.8 Å². The summed E-state index contributed by atoms with van der Waals surface area (Å²) in [5.74, 6) is 0.953. The number of rotatable bonds is 1. The van der Waals surface area contributed by atoms with Crippen molar-refractivity contribution in [1.29, 1.82) is 0 Å². The molecule has 16 heavy (non-hydrogen) atoms. The Kier molecular flexibility index (Phi) is 3.07. The predicted molar refractivity (Wildman–Crippen MR) is 59.7 cm³/mol. The van der Waals surface area contributed by atoms with E-state index in [1.54, 1.807) is 0 Å². The van der Waals surface area contributed by atoms with Crippen molar-refractivity contribution >= 4 is 11.9 Å². The lowest BCUT2D eigenvalue weighted by Gasteiger charge is -2.18. The van der Waals surface area contributed by atoms with Crippen molar-refractivity contribution in [1.82, 2.24) is 20.1 Å². The van der Waals surface area contributed by atoms with E-state index in [1.165, 1.54) is 6.42 Å². The Morgan fingerprint density at radius 1 is 1.50 bits per heavy atom. The van der Waals surface area contributed by atoms with Crippen LogP contribution in [-0.4, -0.2) is 39.1 Å². The molecule has 2 heterocycles. The fourth-order valence-corrected chi connectivity index (χ4v) is 1.99. The minimum absolute atomic E-state index is 0.0988. The number of nitrogens with zero attached hydrogens (tertiary/aromatic N) is 3. The van der Waals surface area contributed by atoms with Gasteiger partial charge in [-0.05, 0) is 25.2 Å². The van der Waals surface area contributed by atoms with Gasteiger partial charge in [-0.3, -0.25) is 9.89 Å². The molecule has 2 rings (SSSR count). The second-order valence-electron chi connectivity index (χ2n) is 4.37. The van der Waals surface area contributed by atoms with Crippen LogP contribution in [0.2, 0.25) is 0 Å². The molecule has 1 aromatic rings. The molecule has 1 amide bonds. The number of nitrogens with two attached hydrogens (primary N) is 1. The lowest BCUT2D eigenvalue weighted by atomic mass is 10.0. The summed E-state index contributed by atoms with van der Waals surface area (Å²) in [5.41, 5.74) is 5.37. The number of nitrogen functional groups attached to an aromatic ring is 1. The Bertz CT molecular complexity index is 375. The van der Waals surface area contributed by atoms with E-state index in [1.807, 2.05) is 4.90 Å². The molecule has 0 aliphatic carbocycles. The van der Waals surface area contributed by atoms with Crippen LogP contribution in [0.4, 0.5) is 5.95 Å². The Morgan fingerprint density at radius 3 is 3.00 bits per heavy atom.